The Morgan fingerprint density at radius 3 is 2.89 bits per heavy atom. The highest BCUT2D eigenvalue weighted by atomic mass is 32.1. The molecule has 0 amide bonds. The number of nitrogens with two attached hydrogens (primary N) is 1. The molecular weight excluding hydrogens is 254 g/mol. The molecule has 0 radical (unpaired) electrons. The molecule has 0 aliphatic heterocycles. The van der Waals surface area contributed by atoms with Crippen LogP contribution in [0.2, 0.25) is 0 Å². The van der Waals surface area contributed by atoms with Crippen LogP contribution >= 0.6 is 11.3 Å². The lowest BCUT2D eigenvalue weighted by atomic mass is 10.1. The van der Waals surface area contributed by atoms with E-state index in [0.717, 1.165) is 25.0 Å². The van der Waals surface area contributed by atoms with Gasteiger partial charge in [0.1, 0.15) is 12.4 Å². The molecule has 19 heavy (non-hydrogen) atoms. The fourth-order valence-corrected chi connectivity index (χ4v) is 3.43. The van der Waals surface area contributed by atoms with E-state index in [1.165, 1.54) is 20.9 Å². The van der Waals surface area contributed by atoms with Crippen LogP contribution in [0.25, 0.3) is 0 Å². The Labute approximate surface area is 118 Å². The van der Waals surface area contributed by atoms with E-state index < -0.39 is 0 Å². The molecule has 0 fully saturated rings. The van der Waals surface area contributed by atoms with Gasteiger partial charge in [-0.1, -0.05) is 13.0 Å². The van der Waals surface area contributed by atoms with Gasteiger partial charge in [0.2, 0.25) is 0 Å². The van der Waals surface area contributed by atoms with Crippen LogP contribution in [-0.4, -0.2) is 0 Å². The van der Waals surface area contributed by atoms with Crippen LogP contribution in [0.3, 0.4) is 0 Å². The molecule has 1 aliphatic rings. The number of thiophene rings is 1. The smallest absolute Gasteiger partial charge is 0.122 e. The Kier molecular flexibility index (Phi) is 3.58. The summed E-state index contributed by atoms with van der Waals surface area (Å²) < 4.78 is 5.88. The normalized spacial score (nSPS) is 17.5. The number of benzene rings is 1. The molecule has 2 aromatic rings. The van der Waals surface area contributed by atoms with Crippen molar-refractivity contribution in [1.29, 1.82) is 0 Å². The Hall–Kier alpha value is -1.32. The van der Waals surface area contributed by atoms with Gasteiger partial charge in [0, 0.05) is 15.8 Å². The maximum atomic E-state index is 6.04. The molecule has 0 unspecified atom stereocenters. The molecule has 1 heterocycles. The molecular formula is C16H19NOS. The second-order valence-corrected chi connectivity index (χ2v) is 6.27. The molecule has 3 heteroatoms. The highest BCUT2D eigenvalue weighted by Gasteiger charge is 2.19. The number of ether oxygens (including phenoxy) is 1. The van der Waals surface area contributed by atoms with Crippen molar-refractivity contribution in [2.24, 2.45) is 5.73 Å². The predicted molar refractivity (Wildman–Crippen MR) is 79.7 cm³/mol. The van der Waals surface area contributed by atoms with Gasteiger partial charge >= 0.3 is 0 Å². The summed E-state index contributed by atoms with van der Waals surface area (Å²) in [6.07, 6.45) is 3.23. The molecule has 1 aromatic heterocycles. The third-order valence-electron chi connectivity index (χ3n) is 3.69. The minimum atomic E-state index is 0.216. The summed E-state index contributed by atoms with van der Waals surface area (Å²) in [6, 6.07) is 10.9. The average molecular weight is 273 g/mol. The van der Waals surface area contributed by atoms with Crippen molar-refractivity contribution in [3.05, 3.63) is 51.2 Å². The standard InChI is InChI=1S/C16H19NOS/c1-2-13-5-6-14(19-13)10-18-12-4-7-15-11(9-12)3-8-16(15)17/h4-7,9,16H,2-3,8,10,17H2,1H3/t16-/m0/s1. The van der Waals surface area contributed by atoms with Crippen molar-refractivity contribution < 1.29 is 4.74 Å². The monoisotopic (exact) mass is 273 g/mol. The number of fused-ring (bicyclic) bond motifs is 1. The second kappa shape index (κ2) is 5.35. The van der Waals surface area contributed by atoms with Gasteiger partial charge in [0.05, 0.1) is 0 Å². The van der Waals surface area contributed by atoms with Crippen LogP contribution in [0, 0.1) is 0 Å². The number of hydrogen-bond acceptors (Lipinski definition) is 3. The first-order valence-electron chi connectivity index (χ1n) is 6.85. The van der Waals surface area contributed by atoms with Crippen molar-refractivity contribution in [2.45, 2.75) is 38.8 Å². The summed E-state index contributed by atoms with van der Waals surface area (Å²) in [7, 11) is 0. The maximum absolute atomic E-state index is 6.04. The molecule has 1 atom stereocenters. The third kappa shape index (κ3) is 2.67. The number of aryl methyl sites for hydroxylation is 2. The zero-order chi connectivity index (χ0) is 13.2. The summed E-state index contributed by atoms with van der Waals surface area (Å²) in [5.74, 6) is 0.958. The highest BCUT2D eigenvalue weighted by molar-refractivity contribution is 7.11. The number of hydrogen-bond donors (Lipinski definition) is 1. The SMILES string of the molecule is CCc1ccc(COc2ccc3c(c2)CC[C@@H]3N)s1. The summed E-state index contributed by atoms with van der Waals surface area (Å²) in [5, 5.41) is 0. The van der Waals surface area contributed by atoms with E-state index >= 15 is 0 Å². The van der Waals surface area contributed by atoms with E-state index in [-0.39, 0.29) is 6.04 Å². The zero-order valence-electron chi connectivity index (χ0n) is 11.2. The van der Waals surface area contributed by atoms with Gasteiger partial charge in [0.15, 0.2) is 0 Å². The first-order chi connectivity index (χ1) is 9.26. The minimum Gasteiger partial charge on any atom is -0.488 e. The average Bonchev–Trinajstić information content (AvgIpc) is 3.03. The number of rotatable bonds is 4. The van der Waals surface area contributed by atoms with Gasteiger partial charge in [-0.3, -0.25) is 0 Å². The molecule has 1 aliphatic carbocycles. The maximum Gasteiger partial charge on any atom is 0.122 e. The van der Waals surface area contributed by atoms with E-state index in [2.05, 4.69) is 31.2 Å². The van der Waals surface area contributed by atoms with E-state index in [0.29, 0.717) is 6.61 Å². The second-order valence-electron chi connectivity index (χ2n) is 5.02. The zero-order valence-corrected chi connectivity index (χ0v) is 12.0. The Bertz CT molecular complexity index is 576. The molecule has 100 valence electrons. The van der Waals surface area contributed by atoms with E-state index in [9.17, 15) is 0 Å². The Balaban J connectivity index is 1.67. The van der Waals surface area contributed by atoms with Crippen LogP contribution in [-0.2, 0) is 19.4 Å². The van der Waals surface area contributed by atoms with Crippen LogP contribution in [0.4, 0.5) is 0 Å². The summed E-state index contributed by atoms with van der Waals surface area (Å²) in [6.45, 7) is 2.84. The summed E-state index contributed by atoms with van der Waals surface area (Å²) in [5.41, 5.74) is 8.68. The van der Waals surface area contributed by atoms with Gasteiger partial charge < -0.3 is 10.5 Å². The predicted octanol–water partition coefficient (Wildman–Crippen LogP) is 3.84. The fourth-order valence-electron chi connectivity index (χ4n) is 2.56. The van der Waals surface area contributed by atoms with Gasteiger partial charge in [0.25, 0.3) is 0 Å². The van der Waals surface area contributed by atoms with Crippen molar-refractivity contribution >= 4 is 11.3 Å². The van der Waals surface area contributed by atoms with Gasteiger partial charge in [-0.2, -0.15) is 0 Å². The summed E-state index contributed by atoms with van der Waals surface area (Å²) >= 11 is 1.83. The fraction of sp³-hybridized carbons (Fsp3) is 0.375. The lowest BCUT2D eigenvalue weighted by Crippen LogP contribution is -2.04. The van der Waals surface area contributed by atoms with Crippen LogP contribution < -0.4 is 10.5 Å². The molecule has 3 rings (SSSR count). The molecule has 0 spiro atoms. The van der Waals surface area contributed by atoms with Crippen molar-refractivity contribution in [1.82, 2.24) is 0 Å². The van der Waals surface area contributed by atoms with Crippen LogP contribution in [0.1, 0.15) is 40.3 Å². The van der Waals surface area contributed by atoms with E-state index in [1.54, 1.807) is 0 Å². The van der Waals surface area contributed by atoms with Crippen molar-refractivity contribution in [3.8, 4) is 5.75 Å². The van der Waals surface area contributed by atoms with E-state index in [4.69, 9.17) is 10.5 Å². The molecule has 0 bridgehead atoms. The van der Waals surface area contributed by atoms with Gasteiger partial charge in [-0.15, -0.1) is 11.3 Å². The van der Waals surface area contributed by atoms with Crippen LogP contribution in [0.15, 0.2) is 30.3 Å². The third-order valence-corrected chi connectivity index (χ3v) is 4.89. The minimum absolute atomic E-state index is 0.216. The summed E-state index contributed by atoms with van der Waals surface area (Å²) in [4.78, 5) is 2.70. The quantitative estimate of drug-likeness (QED) is 0.918. The molecule has 0 saturated carbocycles. The van der Waals surface area contributed by atoms with Gasteiger partial charge in [-0.05, 0) is 54.7 Å². The largest absolute Gasteiger partial charge is 0.488 e. The topological polar surface area (TPSA) is 35.2 Å². The van der Waals surface area contributed by atoms with Crippen LogP contribution in [0.5, 0.6) is 5.75 Å². The Morgan fingerprint density at radius 1 is 1.26 bits per heavy atom. The molecule has 2 N–H and O–H groups in total. The Morgan fingerprint density at radius 2 is 2.11 bits per heavy atom. The first kappa shape index (κ1) is 12.7. The highest BCUT2D eigenvalue weighted by Crippen LogP contribution is 2.32. The molecule has 0 saturated heterocycles. The van der Waals surface area contributed by atoms with Gasteiger partial charge in [-0.25, -0.2) is 0 Å². The van der Waals surface area contributed by atoms with Crippen molar-refractivity contribution in [3.63, 3.8) is 0 Å². The molecule has 2 nitrogen and oxygen atoms in total. The lowest BCUT2D eigenvalue weighted by molar-refractivity contribution is 0.309. The van der Waals surface area contributed by atoms with E-state index in [1.807, 2.05) is 17.4 Å². The van der Waals surface area contributed by atoms with Crippen molar-refractivity contribution in [2.75, 3.05) is 0 Å². The first-order valence-corrected chi connectivity index (χ1v) is 7.66. The molecule has 1 aromatic carbocycles. The lowest BCUT2D eigenvalue weighted by Gasteiger charge is -2.08.